The first-order valence-electron chi connectivity index (χ1n) is 10.9. The molecule has 1 fully saturated rings. The van der Waals surface area contributed by atoms with Gasteiger partial charge < -0.3 is 13.9 Å². The zero-order valence-corrected chi connectivity index (χ0v) is 19.6. The van der Waals surface area contributed by atoms with Crippen LogP contribution >= 0.6 is 0 Å². The van der Waals surface area contributed by atoms with Crippen molar-refractivity contribution in [2.75, 3.05) is 18.0 Å². The number of hydrogen-bond acceptors (Lipinski definition) is 6. The quantitative estimate of drug-likeness (QED) is 0.522. The molecule has 0 spiro atoms. The summed E-state index contributed by atoms with van der Waals surface area (Å²) >= 11 is 0. The molecule has 2 aromatic carbocycles. The molecule has 1 saturated heterocycles. The summed E-state index contributed by atoms with van der Waals surface area (Å²) in [6, 6.07) is 11.8. The van der Waals surface area contributed by atoms with Crippen LogP contribution in [0.5, 0.6) is 0 Å². The van der Waals surface area contributed by atoms with Gasteiger partial charge in [0, 0.05) is 38.8 Å². The van der Waals surface area contributed by atoms with Crippen molar-refractivity contribution in [3.05, 3.63) is 68.7 Å². The van der Waals surface area contributed by atoms with E-state index in [0.29, 0.717) is 23.9 Å². The van der Waals surface area contributed by atoms with Gasteiger partial charge in [-0.15, -0.1) is 0 Å². The summed E-state index contributed by atoms with van der Waals surface area (Å²) in [7, 11) is -0.910. The van der Waals surface area contributed by atoms with Gasteiger partial charge in [0.1, 0.15) is 6.61 Å². The Kier molecular flexibility index (Phi) is 5.33. The molecule has 5 rings (SSSR count). The van der Waals surface area contributed by atoms with E-state index < -0.39 is 27.2 Å². The van der Waals surface area contributed by atoms with Gasteiger partial charge in [-0.1, -0.05) is 18.2 Å². The first-order valence-corrected chi connectivity index (χ1v) is 12.4. The Bertz CT molecular complexity index is 1530. The number of carbonyl (C=O) groups excluding carboxylic acids is 1. The predicted octanol–water partition coefficient (Wildman–Crippen LogP) is 1.55. The van der Waals surface area contributed by atoms with Crippen molar-refractivity contribution in [3.63, 3.8) is 0 Å². The van der Waals surface area contributed by atoms with Gasteiger partial charge in [0.25, 0.3) is 0 Å². The van der Waals surface area contributed by atoms with Crippen molar-refractivity contribution in [1.82, 2.24) is 13.4 Å². The Balaban J connectivity index is 1.41. The maximum Gasteiger partial charge on any atom is 0.414 e. The molecular formula is C23H24N4O6S. The van der Waals surface area contributed by atoms with Gasteiger partial charge >= 0.3 is 17.2 Å². The van der Waals surface area contributed by atoms with Crippen LogP contribution in [0.15, 0.2) is 56.9 Å². The van der Waals surface area contributed by atoms with Crippen LogP contribution in [-0.2, 0) is 35.5 Å². The highest BCUT2D eigenvalue weighted by atomic mass is 32.2. The lowest BCUT2D eigenvalue weighted by Crippen LogP contribution is -2.50. The molecule has 3 heterocycles. The largest absolute Gasteiger partial charge is 0.444 e. The van der Waals surface area contributed by atoms with E-state index >= 15 is 0 Å². The molecule has 0 aliphatic carbocycles. The third kappa shape index (κ3) is 3.43. The number of carbonyl (C=O) groups is 1. The second kappa shape index (κ2) is 8.10. The number of hydrogen-bond donors (Lipinski definition) is 0. The molecule has 10 nitrogen and oxygen atoms in total. The molecule has 2 aliphatic rings. The van der Waals surface area contributed by atoms with Crippen LogP contribution < -0.4 is 16.0 Å². The number of sulfonamides is 1. The van der Waals surface area contributed by atoms with E-state index in [2.05, 4.69) is 0 Å². The number of anilines is 1. The van der Waals surface area contributed by atoms with Gasteiger partial charge in [-0.2, -0.15) is 4.31 Å². The molecule has 1 aromatic heterocycles. The third-order valence-electron chi connectivity index (χ3n) is 6.69. The van der Waals surface area contributed by atoms with Crippen molar-refractivity contribution in [3.8, 4) is 0 Å². The Hall–Kier alpha value is -3.44. The summed E-state index contributed by atoms with van der Waals surface area (Å²) < 4.78 is 35.9. The summed E-state index contributed by atoms with van der Waals surface area (Å²) in [4.78, 5) is 38.5. The van der Waals surface area contributed by atoms with Crippen molar-refractivity contribution < 1.29 is 17.9 Å². The van der Waals surface area contributed by atoms with Crippen LogP contribution in [0.4, 0.5) is 10.5 Å². The van der Waals surface area contributed by atoms with Gasteiger partial charge in [-0.25, -0.2) is 13.2 Å². The number of fused-ring (bicyclic) bond motifs is 2. The van der Waals surface area contributed by atoms with Crippen LogP contribution in [0.1, 0.15) is 18.4 Å². The number of piperidine rings is 1. The fraction of sp³-hybridized carbons (Fsp3) is 0.348. The van der Waals surface area contributed by atoms with Gasteiger partial charge in [0.2, 0.25) is 10.0 Å². The highest BCUT2D eigenvalue weighted by molar-refractivity contribution is 7.89. The smallest absolute Gasteiger partial charge is 0.414 e. The molecule has 0 unspecified atom stereocenters. The molecule has 1 amide bonds. The molecular weight excluding hydrogens is 460 g/mol. The Morgan fingerprint density at radius 1 is 0.882 bits per heavy atom. The maximum absolute atomic E-state index is 13.4. The number of ether oxygens (including phenoxy) is 1. The van der Waals surface area contributed by atoms with E-state index in [1.807, 2.05) is 24.3 Å². The molecule has 3 aromatic rings. The minimum Gasteiger partial charge on any atom is -0.444 e. The number of amides is 1. The monoisotopic (exact) mass is 484 g/mol. The van der Waals surface area contributed by atoms with E-state index in [1.165, 1.54) is 45.7 Å². The summed E-state index contributed by atoms with van der Waals surface area (Å²) in [6.45, 7) is 0.709. The number of nitrogens with zero attached hydrogens (tertiary/aromatic N) is 4. The Labute approximate surface area is 195 Å². The molecule has 0 saturated carbocycles. The standard InChI is InChI=1S/C23H24N4O6S/c1-24-19-8-7-17(13-20(19)25(2)22(29)21(24)28)34(31,32)26-11-9-16(10-12-26)27-18-6-4-3-5-15(18)14-33-23(27)30/h3-8,13,16H,9-12,14H2,1-2H3. The molecule has 0 N–H and O–H groups in total. The van der Waals surface area contributed by atoms with Gasteiger partial charge in [-0.3, -0.25) is 14.5 Å². The average molecular weight is 485 g/mol. The zero-order chi connectivity index (χ0) is 24.2. The highest BCUT2D eigenvalue weighted by Crippen LogP contribution is 2.33. The maximum atomic E-state index is 13.4. The molecule has 11 heteroatoms. The van der Waals surface area contributed by atoms with Crippen molar-refractivity contribution in [1.29, 1.82) is 0 Å². The lowest BCUT2D eigenvalue weighted by Gasteiger charge is -2.39. The number of para-hydroxylation sites is 1. The van der Waals surface area contributed by atoms with Crippen LogP contribution in [-0.4, -0.2) is 47.1 Å². The number of aromatic nitrogens is 2. The molecule has 178 valence electrons. The van der Waals surface area contributed by atoms with Gasteiger partial charge in [0.05, 0.1) is 21.6 Å². The van der Waals surface area contributed by atoms with Crippen LogP contribution in [0, 0.1) is 0 Å². The molecule has 0 atom stereocenters. The zero-order valence-electron chi connectivity index (χ0n) is 18.8. The SMILES string of the molecule is Cn1c(=O)c(=O)n(C)c2cc(S(=O)(=O)N3CCC(N4C(=O)OCc5ccccc54)CC3)ccc21. The predicted molar refractivity (Wildman–Crippen MR) is 125 cm³/mol. The van der Waals surface area contributed by atoms with Gasteiger partial charge in [0.15, 0.2) is 0 Å². The first-order chi connectivity index (χ1) is 16.2. The molecule has 0 radical (unpaired) electrons. The summed E-state index contributed by atoms with van der Waals surface area (Å²) in [5.74, 6) is 0. The van der Waals surface area contributed by atoms with Gasteiger partial charge in [-0.05, 0) is 37.1 Å². The average Bonchev–Trinajstić information content (AvgIpc) is 2.86. The second-order valence-electron chi connectivity index (χ2n) is 8.57. The van der Waals surface area contributed by atoms with Crippen LogP contribution in [0.25, 0.3) is 11.0 Å². The first kappa shape index (κ1) is 22.4. The van der Waals surface area contributed by atoms with E-state index in [0.717, 1.165) is 11.3 Å². The normalized spacial score (nSPS) is 17.6. The van der Waals surface area contributed by atoms with Crippen molar-refractivity contribution in [2.45, 2.75) is 30.4 Å². The fourth-order valence-electron chi connectivity index (χ4n) is 4.73. The minimum absolute atomic E-state index is 0.0508. The van der Waals surface area contributed by atoms with Crippen LogP contribution in [0.2, 0.25) is 0 Å². The molecule has 34 heavy (non-hydrogen) atoms. The number of aryl methyl sites for hydroxylation is 2. The van der Waals surface area contributed by atoms with E-state index in [4.69, 9.17) is 4.74 Å². The van der Waals surface area contributed by atoms with Crippen molar-refractivity contribution in [2.24, 2.45) is 14.1 Å². The van der Waals surface area contributed by atoms with E-state index in [9.17, 15) is 22.8 Å². The number of benzene rings is 2. The van der Waals surface area contributed by atoms with Crippen molar-refractivity contribution >= 4 is 32.8 Å². The summed E-state index contributed by atoms with van der Waals surface area (Å²) in [5.41, 5.74) is 1.15. The Morgan fingerprint density at radius 3 is 2.24 bits per heavy atom. The summed E-state index contributed by atoms with van der Waals surface area (Å²) in [5, 5.41) is 0. The summed E-state index contributed by atoms with van der Waals surface area (Å²) in [6.07, 6.45) is 0.507. The topological polar surface area (TPSA) is 111 Å². The third-order valence-corrected chi connectivity index (χ3v) is 8.58. The second-order valence-corrected chi connectivity index (χ2v) is 10.5. The Morgan fingerprint density at radius 2 is 1.53 bits per heavy atom. The highest BCUT2D eigenvalue weighted by Gasteiger charge is 2.37. The fourth-order valence-corrected chi connectivity index (χ4v) is 6.22. The lowest BCUT2D eigenvalue weighted by atomic mass is 10.0. The minimum atomic E-state index is -3.84. The lowest BCUT2D eigenvalue weighted by molar-refractivity contribution is 0.136. The molecule has 0 bridgehead atoms. The number of rotatable bonds is 3. The van der Waals surface area contributed by atoms with Crippen LogP contribution in [0.3, 0.4) is 0 Å². The van der Waals surface area contributed by atoms with E-state index in [-0.39, 0.29) is 30.6 Å². The molecule has 2 aliphatic heterocycles. The van der Waals surface area contributed by atoms with E-state index in [1.54, 1.807) is 4.90 Å². The number of cyclic esters (lactones) is 1.